The fourth-order valence-electron chi connectivity index (χ4n) is 2.49. The molecule has 1 aliphatic heterocycles. The molecule has 5 heteroatoms. The number of rotatable bonds is 2. The zero-order valence-corrected chi connectivity index (χ0v) is 13.5. The molecule has 110 valence electrons. The molecule has 0 aromatic heterocycles. The highest BCUT2D eigenvalue weighted by Gasteiger charge is 2.21. The monoisotopic (exact) mass is 369 g/mol. The Morgan fingerprint density at radius 2 is 2.10 bits per heavy atom. The first kappa shape index (κ1) is 14.7. The van der Waals surface area contributed by atoms with Crippen molar-refractivity contribution < 1.29 is 9.13 Å². The van der Waals surface area contributed by atoms with Crippen molar-refractivity contribution >= 4 is 33.2 Å². The van der Waals surface area contributed by atoms with Crippen LogP contribution in [0, 0.1) is 5.82 Å². The fourth-order valence-corrected chi connectivity index (χ4v) is 3.00. The molecule has 1 aliphatic rings. The van der Waals surface area contributed by atoms with E-state index in [1.54, 1.807) is 12.1 Å². The van der Waals surface area contributed by atoms with Gasteiger partial charge in [-0.2, -0.15) is 0 Å². The third kappa shape index (κ3) is 3.33. The van der Waals surface area contributed by atoms with Crippen molar-refractivity contribution in [1.29, 1.82) is 0 Å². The van der Waals surface area contributed by atoms with Crippen molar-refractivity contribution in [2.24, 2.45) is 0 Å². The van der Waals surface area contributed by atoms with Gasteiger partial charge in [-0.15, -0.1) is 0 Å². The molecule has 1 unspecified atom stereocenters. The molecule has 2 aromatic carbocycles. The number of ether oxygens (including phenoxy) is 1. The van der Waals surface area contributed by atoms with Gasteiger partial charge in [0.2, 0.25) is 0 Å². The van der Waals surface area contributed by atoms with Crippen molar-refractivity contribution in [3.05, 3.63) is 57.3 Å². The number of hydrogen-bond acceptors (Lipinski definition) is 2. The van der Waals surface area contributed by atoms with Crippen molar-refractivity contribution in [3.63, 3.8) is 0 Å². The lowest BCUT2D eigenvalue weighted by Crippen LogP contribution is -2.11. The highest BCUT2D eigenvalue weighted by Crippen LogP contribution is 2.36. The predicted molar refractivity (Wildman–Crippen MR) is 86.6 cm³/mol. The molecule has 3 rings (SSSR count). The predicted octanol–water partition coefficient (Wildman–Crippen LogP) is 5.57. The summed E-state index contributed by atoms with van der Waals surface area (Å²) in [5.41, 5.74) is 1.46. The van der Waals surface area contributed by atoms with Crippen LogP contribution in [0.4, 0.5) is 10.1 Å². The second-order valence-electron chi connectivity index (χ2n) is 4.99. The molecule has 0 saturated carbocycles. The van der Waals surface area contributed by atoms with E-state index in [9.17, 15) is 4.39 Å². The van der Waals surface area contributed by atoms with E-state index in [1.807, 2.05) is 18.2 Å². The standard InChI is InChI=1S/C16H14BrClFNO/c17-10-3-5-12-14(2-1-7-21-16(12)8-10)20-15-9-11(18)4-6-13(15)19/h3-6,8-9,14,20H,1-2,7H2. The average Bonchev–Trinajstić information content (AvgIpc) is 2.65. The van der Waals surface area contributed by atoms with Gasteiger partial charge in [0.15, 0.2) is 0 Å². The summed E-state index contributed by atoms with van der Waals surface area (Å²) in [4.78, 5) is 0. The molecule has 1 atom stereocenters. The topological polar surface area (TPSA) is 21.3 Å². The van der Waals surface area contributed by atoms with Crippen LogP contribution in [0.1, 0.15) is 24.4 Å². The number of halogens is 3. The van der Waals surface area contributed by atoms with E-state index in [4.69, 9.17) is 16.3 Å². The quantitative estimate of drug-likeness (QED) is 0.746. The van der Waals surface area contributed by atoms with Gasteiger partial charge in [-0.1, -0.05) is 33.6 Å². The molecule has 0 radical (unpaired) electrons. The van der Waals surface area contributed by atoms with Gasteiger partial charge in [0.25, 0.3) is 0 Å². The normalized spacial score (nSPS) is 17.6. The smallest absolute Gasteiger partial charge is 0.146 e. The number of fused-ring (bicyclic) bond motifs is 1. The van der Waals surface area contributed by atoms with E-state index in [0.29, 0.717) is 17.3 Å². The second kappa shape index (κ2) is 6.24. The Hall–Kier alpha value is -1.26. The van der Waals surface area contributed by atoms with Crippen LogP contribution < -0.4 is 10.1 Å². The molecule has 1 heterocycles. The summed E-state index contributed by atoms with van der Waals surface area (Å²) in [5.74, 6) is 0.532. The molecule has 1 N–H and O–H groups in total. The molecular weight excluding hydrogens is 357 g/mol. The molecule has 0 fully saturated rings. The highest BCUT2D eigenvalue weighted by molar-refractivity contribution is 9.10. The first-order valence-electron chi connectivity index (χ1n) is 6.77. The minimum absolute atomic E-state index is 0.00330. The molecule has 0 saturated heterocycles. The third-order valence-electron chi connectivity index (χ3n) is 3.50. The van der Waals surface area contributed by atoms with Crippen LogP contribution >= 0.6 is 27.5 Å². The summed E-state index contributed by atoms with van der Waals surface area (Å²) >= 11 is 9.40. The Kier molecular flexibility index (Phi) is 4.36. The van der Waals surface area contributed by atoms with Gasteiger partial charge < -0.3 is 10.1 Å². The Labute approximate surface area is 136 Å². The highest BCUT2D eigenvalue weighted by atomic mass is 79.9. The minimum atomic E-state index is -0.303. The maximum Gasteiger partial charge on any atom is 0.146 e. The maximum atomic E-state index is 13.9. The maximum absolute atomic E-state index is 13.9. The Balaban J connectivity index is 1.94. The number of benzene rings is 2. The Morgan fingerprint density at radius 1 is 1.24 bits per heavy atom. The number of hydrogen-bond donors (Lipinski definition) is 1. The van der Waals surface area contributed by atoms with Gasteiger partial charge in [-0.25, -0.2) is 4.39 Å². The fraction of sp³-hybridized carbons (Fsp3) is 0.250. The van der Waals surface area contributed by atoms with Crippen LogP contribution in [-0.2, 0) is 0 Å². The summed E-state index contributed by atoms with van der Waals surface area (Å²) < 4.78 is 20.6. The van der Waals surface area contributed by atoms with Gasteiger partial charge in [-0.3, -0.25) is 0 Å². The zero-order chi connectivity index (χ0) is 14.8. The van der Waals surface area contributed by atoms with E-state index in [2.05, 4.69) is 21.2 Å². The molecule has 0 aliphatic carbocycles. The summed E-state index contributed by atoms with van der Waals surface area (Å²) in [5, 5.41) is 3.76. The number of anilines is 1. The van der Waals surface area contributed by atoms with Crippen LogP contribution in [0.2, 0.25) is 5.02 Å². The molecule has 2 nitrogen and oxygen atoms in total. The van der Waals surface area contributed by atoms with Gasteiger partial charge in [0, 0.05) is 15.1 Å². The molecule has 2 aromatic rings. The molecule has 21 heavy (non-hydrogen) atoms. The minimum Gasteiger partial charge on any atom is -0.493 e. The summed E-state index contributed by atoms with van der Waals surface area (Å²) in [6.45, 7) is 0.666. The van der Waals surface area contributed by atoms with Gasteiger partial charge in [0.05, 0.1) is 18.3 Å². The second-order valence-corrected chi connectivity index (χ2v) is 6.35. The van der Waals surface area contributed by atoms with Crippen LogP contribution in [0.5, 0.6) is 5.75 Å². The van der Waals surface area contributed by atoms with Gasteiger partial charge >= 0.3 is 0 Å². The van der Waals surface area contributed by atoms with Gasteiger partial charge in [-0.05, 0) is 43.2 Å². The zero-order valence-electron chi connectivity index (χ0n) is 11.2. The largest absolute Gasteiger partial charge is 0.493 e. The third-order valence-corrected chi connectivity index (χ3v) is 4.23. The van der Waals surface area contributed by atoms with E-state index in [0.717, 1.165) is 28.6 Å². The van der Waals surface area contributed by atoms with Crippen molar-refractivity contribution in [3.8, 4) is 5.75 Å². The Bertz CT molecular complexity index is 665. The summed E-state index contributed by atoms with van der Waals surface area (Å²) in [6.07, 6.45) is 1.78. The van der Waals surface area contributed by atoms with Crippen molar-refractivity contribution in [2.75, 3.05) is 11.9 Å². The summed E-state index contributed by atoms with van der Waals surface area (Å²) in [6, 6.07) is 10.5. The first-order valence-corrected chi connectivity index (χ1v) is 7.94. The molecular formula is C16H14BrClFNO. The molecule has 0 amide bonds. The first-order chi connectivity index (χ1) is 10.1. The van der Waals surface area contributed by atoms with Gasteiger partial charge in [0.1, 0.15) is 11.6 Å². The SMILES string of the molecule is Fc1ccc(Cl)cc1NC1CCCOc2cc(Br)ccc21. The van der Waals surface area contributed by atoms with Crippen molar-refractivity contribution in [1.82, 2.24) is 0 Å². The van der Waals surface area contributed by atoms with Crippen LogP contribution in [0.25, 0.3) is 0 Å². The van der Waals surface area contributed by atoms with Crippen LogP contribution in [-0.4, -0.2) is 6.61 Å². The van der Waals surface area contributed by atoms with Crippen molar-refractivity contribution in [2.45, 2.75) is 18.9 Å². The summed E-state index contributed by atoms with van der Waals surface area (Å²) in [7, 11) is 0. The molecule has 0 bridgehead atoms. The molecule has 0 spiro atoms. The lowest BCUT2D eigenvalue weighted by molar-refractivity contribution is 0.316. The van der Waals surface area contributed by atoms with Crippen LogP contribution in [0.3, 0.4) is 0 Å². The van der Waals surface area contributed by atoms with Crippen LogP contribution in [0.15, 0.2) is 40.9 Å². The Morgan fingerprint density at radius 3 is 2.95 bits per heavy atom. The average molecular weight is 371 g/mol. The van der Waals surface area contributed by atoms with E-state index in [1.165, 1.54) is 6.07 Å². The van der Waals surface area contributed by atoms with E-state index >= 15 is 0 Å². The lowest BCUT2D eigenvalue weighted by Gasteiger charge is -2.20. The lowest BCUT2D eigenvalue weighted by atomic mass is 10.0. The number of nitrogens with one attached hydrogen (secondary N) is 1. The van der Waals surface area contributed by atoms with E-state index in [-0.39, 0.29) is 11.9 Å². The van der Waals surface area contributed by atoms with E-state index < -0.39 is 0 Å².